The summed E-state index contributed by atoms with van der Waals surface area (Å²) < 4.78 is 6.50. The largest absolute Gasteiger partial charge is 0.508 e. The summed E-state index contributed by atoms with van der Waals surface area (Å²) >= 11 is 3.77. The normalized spacial score (nSPS) is 14.4. The van der Waals surface area contributed by atoms with Crippen molar-refractivity contribution in [2.24, 2.45) is 17.3 Å². The molecule has 0 amide bonds. The fourth-order valence-electron chi connectivity index (χ4n) is 5.91. The van der Waals surface area contributed by atoms with E-state index in [4.69, 9.17) is 4.74 Å². The van der Waals surface area contributed by atoms with Crippen LogP contribution in [0.4, 0.5) is 0 Å². The van der Waals surface area contributed by atoms with Gasteiger partial charge in [-0.1, -0.05) is 125 Å². The number of ether oxygens (including phenoxy) is 1. The van der Waals surface area contributed by atoms with E-state index < -0.39 is 0 Å². The van der Waals surface area contributed by atoms with E-state index in [1.807, 2.05) is 59.9 Å². The molecule has 264 valence electrons. The molecule has 4 rings (SSSR count). The van der Waals surface area contributed by atoms with Crippen molar-refractivity contribution in [2.45, 2.75) is 71.2 Å². The van der Waals surface area contributed by atoms with Gasteiger partial charge in [0.05, 0.1) is 6.61 Å². The maximum atomic E-state index is 10.7. The van der Waals surface area contributed by atoms with E-state index in [0.717, 1.165) is 40.8 Å². The van der Waals surface area contributed by atoms with Gasteiger partial charge in [-0.2, -0.15) is 0 Å². The Hall–Kier alpha value is -2.94. The molecule has 0 aromatic heterocycles. The third-order valence-corrected chi connectivity index (χ3v) is 11.7. The SMILES string of the molecule is CC(COCC(C)(C)C(C)N(CSCc1ccccc1)Cc1ccccc1O)C(C)CC(NCSCc1ccccc1)c1ccccc1O. The van der Waals surface area contributed by atoms with Crippen molar-refractivity contribution in [3.63, 3.8) is 0 Å². The maximum absolute atomic E-state index is 10.7. The van der Waals surface area contributed by atoms with E-state index in [-0.39, 0.29) is 17.5 Å². The average molecular weight is 701 g/mol. The van der Waals surface area contributed by atoms with Gasteiger partial charge >= 0.3 is 0 Å². The molecule has 0 saturated carbocycles. The van der Waals surface area contributed by atoms with Crippen LogP contribution in [0.3, 0.4) is 0 Å². The second kappa shape index (κ2) is 20.0. The second-order valence-corrected chi connectivity index (χ2v) is 15.9. The highest BCUT2D eigenvalue weighted by atomic mass is 32.2. The van der Waals surface area contributed by atoms with Crippen LogP contribution >= 0.6 is 23.5 Å². The number of hydrogen-bond acceptors (Lipinski definition) is 7. The van der Waals surface area contributed by atoms with Gasteiger partial charge in [-0.05, 0) is 48.4 Å². The molecule has 0 saturated heterocycles. The summed E-state index contributed by atoms with van der Waals surface area (Å²) in [6, 6.07) is 36.8. The third-order valence-electron chi connectivity index (χ3n) is 9.70. The number of benzene rings is 4. The quantitative estimate of drug-likeness (QED) is 0.0591. The zero-order valence-corrected chi connectivity index (χ0v) is 31.6. The van der Waals surface area contributed by atoms with Gasteiger partial charge in [0.15, 0.2) is 0 Å². The van der Waals surface area contributed by atoms with Crippen LogP contribution in [0.15, 0.2) is 109 Å². The molecule has 0 radical (unpaired) electrons. The molecule has 0 heterocycles. The number of aromatic hydroxyl groups is 2. The Balaban J connectivity index is 1.32. The first-order chi connectivity index (χ1) is 23.6. The van der Waals surface area contributed by atoms with E-state index in [9.17, 15) is 10.2 Å². The Morgan fingerprint density at radius 3 is 1.92 bits per heavy atom. The smallest absolute Gasteiger partial charge is 0.120 e. The number of phenols is 2. The van der Waals surface area contributed by atoms with Crippen LogP contribution in [-0.4, -0.2) is 46.1 Å². The van der Waals surface area contributed by atoms with Crippen LogP contribution in [0.1, 0.15) is 69.3 Å². The first kappa shape index (κ1) is 38.9. The Morgan fingerprint density at radius 2 is 1.29 bits per heavy atom. The first-order valence-corrected chi connectivity index (χ1v) is 19.8. The summed E-state index contributed by atoms with van der Waals surface area (Å²) in [5.41, 5.74) is 4.42. The maximum Gasteiger partial charge on any atom is 0.120 e. The van der Waals surface area contributed by atoms with Crippen molar-refractivity contribution in [1.29, 1.82) is 0 Å². The highest BCUT2D eigenvalue weighted by Crippen LogP contribution is 2.33. The molecular formula is C42H56N2O3S2. The van der Waals surface area contributed by atoms with Gasteiger partial charge in [-0.25, -0.2) is 0 Å². The van der Waals surface area contributed by atoms with E-state index in [1.165, 1.54) is 11.1 Å². The fourth-order valence-corrected chi connectivity index (χ4v) is 7.83. The zero-order chi connectivity index (χ0) is 35.1. The number of nitrogens with one attached hydrogen (secondary N) is 1. The molecule has 4 unspecified atom stereocenters. The first-order valence-electron chi connectivity index (χ1n) is 17.5. The number of nitrogens with zero attached hydrogens (tertiary/aromatic N) is 1. The van der Waals surface area contributed by atoms with Crippen LogP contribution in [0, 0.1) is 17.3 Å². The molecule has 4 aromatic rings. The minimum atomic E-state index is -0.115. The van der Waals surface area contributed by atoms with Gasteiger partial charge in [-0.15, -0.1) is 23.5 Å². The average Bonchev–Trinajstić information content (AvgIpc) is 3.10. The summed E-state index contributed by atoms with van der Waals surface area (Å²) in [7, 11) is 0. The molecule has 0 bridgehead atoms. The minimum absolute atomic E-state index is 0.0507. The van der Waals surface area contributed by atoms with E-state index in [1.54, 1.807) is 12.1 Å². The van der Waals surface area contributed by atoms with Gasteiger partial charge in [0, 0.05) is 65.0 Å². The molecule has 0 aliphatic rings. The monoisotopic (exact) mass is 700 g/mol. The van der Waals surface area contributed by atoms with E-state index in [0.29, 0.717) is 43.1 Å². The molecule has 3 N–H and O–H groups in total. The van der Waals surface area contributed by atoms with Crippen LogP contribution in [-0.2, 0) is 22.8 Å². The van der Waals surface area contributed by atoms with E-state index in [2.05, 4.69) is 105 Å². The summed E-state index contributed by atoms with van der Waals surface area (Å²) in [6.07, 6.45) is 0.904. The number of phenolic OH excluding ortho intramolecular Hbond substituents is 2. The molecule has 0 spiro atoms. The number of thioether (sulfide) groups is 2. The predicted molar refractivity (Wildman–Crippen MR) is 210 cm³/mol. The molecule has 4 atom stereocenters. The Morgan fingerprint density at radius 1 is 0.714 bits per heavy atom. The Kier molecular flexibility index (Phi) is 15.9. The van der Waals surface area contributed by atoms with Gasteiger partial charge in [0.2, 0.25) is 0 Å². The molecule has 0 fully saturated rings. The topological polar surface area (TPSA) is 65.0 Å². The lowest BCUT2D eigenvalue weighted by Gasteiger charge is -2.40. The Labute approximate surface area is 303 Å². The van der Waals surface area contributed by atoms with Gasteiger partial charge in [0.1, 0.15) is 11.5 Å². The van der Waals surface area contributed by atoms with Crippen LogP contribution in [0.5, 0.6) is 11.5 Å². The molecule has 5 nitrogen and oxygen atoms in total. The number of para-hydroxylation sites is 2. The van der Waals surface area contributed by atoms with Gasteiger partial charge in [-0.3, -0.25) is 4.90 Å². The summed E-state index contributed by atoms with van der Waals surface area (Å²) in [6.45, 7) is 13.4. The minimum Gasteiger partial charge on any atom is -0.508 e. The highest BCUT2D eigenvalue weighted by Gasteiger charge is 2.32. The summed E-state index contributed by atoms with van der Waals surface area (Å²) in [5.74, 6) is 4.96. The lowest BCUT2D eigenvalue weighted by molar-refractivity contribution is -0.00795. The molecule has 49 heavy (non-hydrogen) atoms. The van der Waals surface area contributed by atoms with Gasteiger partial charge < -0.3 is 20.3 Å². The lowest BCUT2D eigenvalue weighted by atomic mass is 9.85. The van der Waals surface area contributed by atoms with E-state index >= 15 is 0 Å². The molecule has 0 aliphatic heterocycles. The third kappa shape index (κ3) is 12.7. The van der Waals surface area contributed by atoms with Crippen molar-refractivity contribution in [2.75, 3.05) is 25.0 Å². The molecule has 0 aliphatic carbocycles. The van der Waals surface area contributed by atoms with Crippen molar-refractivity contribution in [1.82, 2.24) is 10.2 Å². The molecule has 7 heteroatoms. The zero-order valence-electron chi connectivity index (χ0n) is 29.9. The van der Waals surface area contributed by atoms with Gasteiger partial charge in [0.25, 0.3) is 0 Å². The van der Waals surface area contributed by atoms with Crippen molar-refractivity contribution >= 4 is 23.5 Å². The lowest BCUT2D eigenvalue weighted by Crippen LogP contribution is -2.45. The van der Waals surface area contributed by atoms with Crippen LogP contribution in [0.2, 0.25) is 0 Å². The fraction of sp³-hybridized carbons (Fsp3) is 0.429. The standard InChI is InChI=1S/C42H56N2O3S2/c1-32(24-39(38-21-13-15-23-41(38)46)43-30-48-27-35-16-8-6-9-17-35)33(2)26-47-29-42(4,5)34(3)44(25-37-20-12-14-22-40(37)45)31-49-28-36-18-10-7-11-19-36/h6-23,32-34,39,43,45-46H,24-31H2,1-5H3. The van der Waals surface area contributed by atoms with Crippen LogP contribution < -0.4 is 5.32 Å². The van der Waals surface area contributed by atoms with Crippen molar-refractivity contribution in [3.05, 3.63) is 131 Å². The van der Waals surface area contributed by atoms with Crippen LogP contribution in [0.25, 0.3) is 0 Å². The van der Waals surface area contributed by atoms with Crippen molar-refractivity contribution in [3.8, 4) is 11.5 Å². The highest BCUT2D eigenvalue weighted by molar-refractivity contribution is 7.98. The summed E-state index contributed by atoms with van der Waals surface area (Å²) in [5, 5.41) is 25.0. The molecule has 4 aromatic carbocycles. The Bertz CT molecular complexity index is 1500. The predicted octanol–water partition coefficient (Wildman–Crippen LogP) is 10.1. The van der Waals surface area contributed by atoms with Crippen molar-refractivity contribution < 1.29 is 14.9 Å². The second-order valence-electron chi connectivity index (χ2n) is 14.0. The molecular weight excluding hydrogens is 645 g/mol. The summed E-state index contributed by atoms with van der Waals surface area (Å²) in [4.78, 5) is 2.47. The number of hydrogen-bond donors (Lipinski definition) is 3. The number of rotatable bonds is 21.